The molecule has 96 valence electrons. The van der Waals surface area contributed by atoms with Crippen LogP contribution in [-0.2, 0) is 11.3 Å². The van der Waals surface area contributed by atoms with Gasteiger partial charge in [-0.05, 0) is 13.3 Å². The quantitative estimate of drug-likeness (QED) is 0.723. The van der Waals surface area contributed by atoms with Crippen LogP contribution < -0.4 is 0 Å². The van der Waals surface area contributed by atoms with Crippen molar-refractivity contribution in [3.8, 4) is 0 Å². The van der Waals surface area contributed by atoms with E-state index >= 15 is 0 Å². The molecule has 0 unspecified atom stereocenters. The lowest BCUT2D eigenvalue weighted by atomic mass is 10.3. The molecule has 0 fully saturated rings. The Balaban J connectivity index is 2.97. The van der Waals surface area contributed by atoms with Gasteiger partial charge in [0.2, 0.25) is 0 Å². The van der Waals surface area contributed by atoms with Crippen LogP contribution in [0.4, 0.5) is 13.2 Å². The van der Waals surface area contributed by atoms with Crippen molar-refractivity contribution < 1.29 is 22.7 Å². The van der Waals surface area contributed by atoms with Crippen molar-refractivity contribution in [1.29, 1.82) is 0 Å². The molecule has 17 heavy (non-hydrogen) atoms. The Bertz CT molecular complexity index is 382. The Morgan fingerprint density at radius 1 is 1.53 bits per heavy atom. The molecular formula is C9H12F3N3O2. The van der Waals surface area contributed by atoms with Crippen LogP contribution in [-0.4, -0.2) is 34.2 Å². The number of ether oxygens (including phenoxy) is 1. The number of hydrogen-bond acceptors (Lipinski definition) is 4. The number of rotatable bonds is 6. The van der Waals surface area contributed by atoms with Crippen molar-refractivity contribution in [2.24, 2.45) is 0 Å². The second-order valence-electron chi connectivity index (χ2n) is 3.11. The molecule has 0 atom stereocenters. The molecule has 0 aliphatic heterocycles. The molecule has 0 saturated carbocycles. The predicted molar refractivity (Wildman–Crippen MR) is 51.5 cm³/mol. The minimum absolute atomic E-state index is 0.0331. The van der Waals surface area contributed by atoms with Crippen LogP contribution in [0.5, 0.6) is 0 Å². The van der Waals surface area contributed by atoms with Gasteiger partial charge in [0, 0.05) is 6.54 Å². The maximum absolute atomic E-state index is 12.7. The van der Waals surface area contributed by atoms with Gasteiger partial charge in [-0.3, -0.25) is 4.39 Å². The fourth-order valence-electron chi connectivity index (χ4n) is 1.26. The zero-order chi connectivity index (χ0) is 12.8. The molecule has 8 heteroatoms. The smallest absolute Gasteiger partial charge is 0.361 e. The van der Waals surface area contributed by atoms with E-state index < -0.39 is 30.5 Å². The summed E-state index contributed by atoms with van der Waals surface area (Å²) in [6.45, 7) is 0.895. The first-order valence-corrected chi connectivity index (χ1v) is 5.06. The summed E-state index contributed by atoms with van der Waals surface area (Å²) in [4.78, 5) is 11.3. The van der Waals surface area contributed by atoms with E-state index in [-0.39, 0.29) is 19.6 Å². The van der Waals surface area contributed by atoms with E-state index in [0.29, 0.717) is 0 Å². The number of aromatic nitrogens is 3. The van der Waals surface area contributed by atoms with E-state index in [9.17, 15) is 18.0 Å². The number of nitrogens with zero attached hydrogens (tertiary/aromatic N) is 3. The first-order valence-electron chi connectivity index (χ1n) is 5.06. The molecule has 0 saturated heterocycles. The fourth-order valence-corrected chi connectivity index (χ4v) is 1.26. The van der Waals surface area contributed by atoms with Gasteiger partial charge in [-0.1, -0.05) is 5.21 Å². The molecule has 0 bridgehead atoms. The lowest BCUT2D eigenvalue weighted by Gasteiger charge is -2.05. The van der Waals surface area contributed by atoms with Gasteiger partial charge >= 0.3 is 5.97 Å². The lowest BCUT2D eigenvalue weighted by Crippen LogP contribution is -2.12. The molecule has 0 aromatic carbocycles. The van der Waals surface area contributed by atoms with Crippen LogP contribution in [0.15, 0.2) is 0 Å². The van der Waals surface area contributed by atoms with Crippen molar-refractivity contribution in [2.45, 2.75) is 26.3 Å². The molecule has 1 aromatic rings. The molecule has 1 rings (SSSR count). The molecule has 0 spiro atoms. The third-order valence-electron chi connectivity index (χ3n) is 1.95. The predicted octanol–water partition coefficient (Wildman–Crippen LogP) is 1.75. The van der Waals surface area contributed by atoms with Gasteiger partial charge < -0.3 is 4.74 Å². The zero-order valence-electron chi connectivity index (χ0n) is 9.20. The molecule has 1 aromatic heterocycles. The standard InChI is InChI=1S/C9H12F3N3O2/c1-2-17-9(16)6-7(8(11)12)15(14-13-6)5-3-4-10/h8H,2-5H2,1H3. The molecular weight excluding hydrogens is 239 g/mol. The highest BCUT2D eigenvalue weighted by atomic mass is 19.3. The first kappa shape index (κ1) is 13.5. The number of halogens is 3. The fraction of sp³-hybridized carbons (Fsp3) is 0.667. The summed E-state index contributed by atoms with van der Waals surface area (Å²) in [6.07, 6.45) is -2.88. The second-order valence-corrected chi connectivity index (χ2v) is 3.11. The Kier molecular flexibility index (Phi) is 4.92. The van der Waals surface area contributed by atoms with Crippen molar-refractivity contribution in [2.75, 3.05) is 13.3 Å². The molecule has 0 radical (unpaired) electrons. The summed E-state index contributed by atoms with van der Waals surface area (Å²) in [5, 5.41) is 6.74. The Hall–Kier alpha value is -1.60. The van der Waals surface area contributed by atoms with Crippen LogP contribution in [0.3, 0.4) is 0 Å². The summed E-state index contributed by atoms with van der Waals surface area (Å²) in [7, 11) is 0. The average molecular weight is 251 g/mol. The number of carbonyl (C=O) groups excluding carboxylic acids is 1. The normalized spacial score (nSPS) is 10.9. The summed E-state index contributed by atoms with van der Waals surface area (Å²) in [5.41, 5.74) is -1.14. The van der Waals surface area contributed by atoms with Crippen LogP contribution in [0, 0.1) is 0 Å². The van der Waals surface area contributed by atoms with Crippen molar-refractivity contribution in [1.82, 2.24) is 15.0 Å². The minimum atomic E-state index is -2.91. The topological polar surface area (TPSA) is 57.0 Å². The van der Waals surface area contributed by atoms with E-state index in [4.69, 9.17) is 0 Å². The van der Waals surface area contributed by atoms with Gasteiger partial charge in [0.05, 0.1) is 13.3 Å². The van der Waals surface area contributed by atoms with Gasteiger partial charge in [-0.25, -0.2) is 18.3 Å². The molecule has 1 heterocycles. The van der Waals surface area contributed by atoms with Gasteiger partial charge in [0.15, 0.2) is 5.69 Å². The van der Waals surface area contributed by atoms with Gasteiger partial charge in [0.25, 0.3) is 6.43 Å². The molecule has 0 N–H and O–H groups in total. The van der Waals surface area contributed by atoms with E-state index in [0.717, 1.165) is 4.68 Å². The Labute approximate surface area is 95.6 Å². The maximum atomic E-state index is 12.7. The number of hydrogen-bond donors (Lipinski definition) is 0. The minimum Gasteiger partial charge on any atom is -0.461 e. The summed E-state index contributed by atoms with van der Waals surface area (Å²) >= 11 is 0. The average Bonchev–Trinajstić information content (AvgIpc) is 2.70. The monoisotopic (exact) mass is 251 g/mol. The molecule has 0 aliphatic rings. The van der Waals surface area contributed by atoms with E-state index in [1.54, 1.807) is 6.92 Å². The zero-order valence-corrected chi connectivity index (χ0v) is 9.20. The second kappa shape index (κ2) is 6.21. The van der Waals surface area contributed by atoms with Crippen LogP contribution in [0.2, 0.25) is 0 Å². The van der Waals surface area contributed by atoms with E-state index in [2.05, 4.69) is 15.0 Å². The third kappa shape index (κ3) is 3.18. The summed E-state index contributed by atoms with van der Waals surface area (Å²) in [6, 6.07) is 0. The van der Waals surface area contributed by atoms with Crippen LogP contribution in [0.25, 0.3) is 0 Å². The maximum Gasteiger partial charge on any atom is 0.361 e. The number of esters is 1. The van der Waals surface area contributed by atoms with Gasteiger partial charge in [0.1, 0.15) is 5.69 Å². The summed E-state index contributed by atoms with van der Waals surface area (Å²) < 4.78 is 42.9. The SMILES string of the molecule is CCOC(=O)c1nnn(CCCF)c1C(F)F. The lowest BCUT2D eigenvalue weighted by molar-refractivity contribution is 0.0506. The van der Waals surface area contributed by atoms with Crippen LogP contribution >= 0.6 is 0 Å². The Morgan fingerprint density at radius 3 is 2.76 bits per heavy atom. The summed E-state index contributed by atoms with van der Waals surface area (Å²) in [5.74, 6) is -0.950. The molecule has 0 aliphatic carbocycles. The highest BCUT2D eigenvalue weighted by Gasteiger charge is 2.27. The van der Waals surface area contributed by atoms with Crippen molar-refractivity contribution in [3.63, 3.8) is 0 Å². The number of aryl methyl sites for hydroxylation is 1. The molecule has 0 amide bonds. The van der Waals surface area contributed by atoms with Crippen molar-refractivity contribution >= 4 is 5.97 Å². The number of alkyl halides is 3. The largest absolute Gasteiger partial charge is 0.461 e. The highest BCUT2D eigenvalue weighted by molar-refractivity contribution is 5.88. The number of carbonyl (C=O) groups is 1. The van der Waals surface area contributed by atoms with Crippen molar-refractivity contribution in [3.05, 3.63) is 11.4 Å². The Morgan fingerprint density at radius 2 is 2.24 bits per heavy atom. The van der Waals surface area contributed by atoms with Crippen LogP contribution in [0.1, 0.15) is 36.0 Å². The highest BCUT2D eigenvalue weighted by Crippen LogP contribution is 2.22. The molecule has 5 nitrogen and oxygen atoms in total. The van der Waals surface area contributed by atoms with E-state index in [1.807, 2.05) is 0 Å². The van der Waals surface area contributed by atoms with E-state index in [1.165, 1.54) is 0 Å². The van der Waals surface area contributed by atoms with Gasteiger partial charge in [-0.2, -0.15) is 0 Å². The van der Waals surface area contributed by atoms with Gasteiger partial charge in [-0.15, -0.1) is 5.10 Å². The third-order valence-corrected chi connectivity index (χ3v) is 1.95. The first-order chi connectivity index (χ1) is 8.11.